The van der Waals surface area contributed by atoms with Gasteiger partial charge in [-0.1, -0.05) is 28.9 Å². The molecule has 0 amide bonds. The van der Waals surface area contributed by atoms with E-state index in [9.17, 15) is 14.0 Å². The topological polar surface area (TPSA) is 80.7 Å². The summed E-state index contributed by atoms with van der Waals surface area (Å²) >= 11 is 4.95. The smallest absolute Gasteiger partial charge is 0.338 e. The quantitative estimate of drug-likeness (QED) is 0.451. The minimum atomic E-state index is -0.673. The van der Waals surface area contributed by atoms with Gasteiger partial charge in [0.05, 0.1) is 12.7 Å². The third-order valence-electron chi connectivity index (χ3n) is 9.47. The molecule has 7 rings (SSSR count). The molecule has 0 saturated heterocycles. The van der Waals surface area contributed by atoms with E-state index < -0.39 is 12.0 Å². The summed E-state index contributed by atoms with van der Waals surface area (Å²) in [5.74, 6) is 1.58. The summed E-state index contributed by atoms with van der Waals surface area (Å²) in [6, 6.07) is 3.76. The van der Waals surface area contributed by atoms with E-state index in [1.54, 1.807) is 12.3 Å². The fourth-order valence-corrected chi connectivity index (χ4v) is 9.58. The molecule has 2 aromatic rings. The van der Waals surface area contributed by atoms with Crippen LogP contribution >= 0.6 is 27.3 Å². The molecule has 2 heterocycles. The van der Waals surface area contributed by atoms with Gasteiger partial charge in [0.2, 0.25) is 0 Å². The van der Waals surface area contributed by atoms with Crippen molar-refractivity contribution in [1.82, 2.24) is 10.3 Å². The first kappa shape index (κ1) is 20.9. The molecule has 4 saturated carbocycles. The van der Waals surface area contributed by atoms with Crippen molar-refractivity contribution in [2.24, 2.45) is 45.4 Å². The number of halogens is 2. The summed E-state index contributed by atoms with van der Waals surface area (Å²) in [5, 5.41) is 6.15. The van der Waals surface area contributed by atoms with E-state index in [4.69, 9.17) is 9.73 Å². The number of aldehydes is 1. The van der Waals surface area contributed by atoms with Crippen molar-refractivity contribution in [2.75, 3.05) is 7.11 Å². The zero-order valence-electron chi connectivity index (χ0n) is 18.4. The molecule has 8 unspecified atom stereocenters. The van der Waals surface area contributed by atoms with Gasteiger partial charge >= 0.3 is 5.97 Å². The van der Waals surface area contributed by atoms with E-state index >= 15 is 0 Å². The van der Waals surface area contributed by atoms with Crippen LogP contribution in [0.15, 0.2) is 50.5 Å². The zero-order valence-corrected chi connectivity index (χ0v) is 20.8. The summed E-state index contributed by atoms with van der Waals surface area (Å²) < 4.78 is 19.8. The number of hydrogen-bond acceptors (Lipinski definition) is 7. The maximum atomic E-state index is 13.9. The number of carbonyl (C=O) groups is 2. The van der Waals surface area contributed by atoms with E-state index in [1.807, 2.05) is 5.38 Å². The van der Waals surface area contributed by atoms with Gasteiger partial charge in [-0.15, -0.1) is 11.3 Å². The highest BCUT2D eigenvalue weighted by atomic mass is 79.9. The standard InChI is InChI=1S/C25H21BrFN3O3S/c1-10-16-18-17-13(8-24(16,17)9-31)25(10,18)20-15(23(32)33-2)19(12-4-3-11(27)7-14(12)26)29-21(30-20)22-28-5-6-34-22/h3-7,9-10,13,16-19H,8H2,1-2H3,(H,29,30). The molecule has 1 N–H and O–H groups in total. The van der Waals surface area contributed by atoms with Crippen LogP contribution in [0.2, 0.25) is 0 Å². The summed E-state index contributed by atoms with van der Waals surface area (Å²) in [4.78, 5) is 34.7. The predicted molar refractivity (Wildman–Crippen MR) is 126 cm³/mol. The van der Waals surface area contributed by atoms with Gasteiger partial charge in [0.1, 0.15) is 18.1 Å². The van der Waals surface area contributed by atoms with Gasteiger partial charge in [0, 0.05) is 32.6 Å². The molecule has 0 bridgehead atoms. The molecule has 4 aliphatic carbocycles. The van der Waals surface area contributed by atoms with E-state index in [1.165, 1.54) is 36.9 Å². The van der Waals surface area contributed by atoms with Crippen LogP contribution in [0.3, 0.4) is 0 Å². The summed E-state index contributed by atoms with van der Waals surface area (Å²) in [6.45, 7) is 2.21. The lowest BCUT2D eigenvalue weighted by molar-refractivity contribution is -0.474. The number of nitrogens with zero attached hydrogens (tertiary/aromatic N) is 2. The van der Waals surface area contributed by atoms with Crippen LogP contribution < -0.4 is 5.32 Å². The summed E-state index contributed by atoms with van der Waals surface area (Å²) in [5.41, 5.74) is 1.66. The first-order valence-corrected chi connectivity index (χ1v) is 13.1. The fraction of sp³-hybridized carbons (Fsp3) is 0.440. The van der Waals surface area contributed by atoms with Gasteiger partial charge in [-0.05, 0) is 53.7 Å². The number of aromatic nitrogens is 1. The van der Waals surface area contributed by atoms with E-state index in [2.05, 4.69) is 33.2 Å². The number of fused-ring (bicyclic) bond motifs is 2. The van der Waals surface area contributed by atoms with Crippen molar-refractivity contribution >= 4 is 45.4 Å². The number of benzene rings is 1. The number of thiazole rings is 1. The van der Waals surface area contributed by atoms with Gasteiger partial charge in [-0.25, -0.2) is 14.2 Å². The second-order valence-electron chi connectivity index (χ2n) is 10.1. The Bertz CT molecular complexity index is 1330. The molecule has 0 spiro atoms. The molecule has 1 aromatic heterocycles. The fourth-order valence-electron chi connectivity index (χ4n) is 8.42. The highest BCUT2D eigenvalue weighted by Crippen LogP contribution is 2.97. The van der Waals surface area contributed by atoms with Crippen molar-refractivity contribution < 1.29 is 18.7 Å². The lowest BCUT2D eigenvalue weighted by atomic mass is 9.07. The zero-order chi connectivity index (χ0) is 23.6. The Morgan fingerprint density at radius 1 is 1.35 bits per heavy atom. The second-order valence-corrected chi connectivity index (χ2v) is 11.9. The van der Waals surface area contributed by atoms with Crippen molar-refractivity contribution in [3.05, 3.63) is 61.9 Å². The number of hydrogen-bond donors (Lipinski definition) is 1. The highest BCUT2D eigenvalue weighted by Gasteiger charge is 2.96. The number of esters is 1. The van der Waals surface area contributed by atoms with Gasteiger partial charge in [0.15, 0.2) is 10.8 Å². The molecule has 1 aromatic carbocycles. The molecular weight excluding hydrogens is 521 g/mol. The first-order valence-electron chi connectivity index (χ1n) is 11.4. The van der Waals surface area contributed by atoms with Crippen LogP contribution in [0.4, 0.5) is 4.39 Å². The molecule has 9 heteroatoms. The maximum Gasteiger partial charge on any atom is 0.338 e. The van der Waals surface area contributed by atoms with Gasteiger partial charge < -0.3 is 14.8 Å². The molecule has 8 atom stereocenters. The summed E-state index contributed by atoms with van der Waals surface area (Å²) in [7, 11) is 1.38. The normalized spacial score (nSPS) is 40.4. The van der Waals surface area contributed by atoms with Crippen LogP contribution in [0.1, 0.15) is 30.0 Å². The Balaban J connectivity index is 1.43. The van der Waals surface area contributed by atoms with E-state index in [0.717, 1.165) is 17.1 Å². The molecule has 4 fully saturated rings. The number of allylic oxidation sites excluding steroid dienone is 1. The Morgan fingerprint density at radius 3 is 2.76 bits per heavy atom. The molecule has 0 radical (unpaired) electrons. The molecule has 6 nitrogen and oxygen atoms in total. The van der Waals surface area contributed by atoms with E-state index in [-0.39, 0.29) is 22.6 Å². The van der Waals surface area contributed by atoms with Gasteiger partial charge in [-0.3, -0.25) is 4.99 Å². The SMILES string of the molecule is COC(=O)C1=C(C23C(C)C4C2C2C3CC42C=O)NC(c2nccs2)=NC1c1ccc(F)cc1Br. The van der Waals surface area contributed by atoms with Crippen LogP contribution in [-0.4, -0.2) is 30.2 Å². The number of rotatable bonds is 5. The summed E-state index contributed by atoms with van der Waals surface area (Å²) in [6.07, 6.45) is 3.79. The number of ether oxygens (including phenoxy) is 1. The van der Waals surface area contributed by atoms with E-state index in [0.29, 0.717) is 45.1 Å². The van der Waals surface area contributed by atoms with Crippen LogP contribution in [0.5, 0.6) is 0 Å². The number of aliphatic imine (C=N–C) groups is 1. The molecule has 34 heavy (non-hydrogen) atoms. The third kappa shape index (κ3) is 2.09. The Hall–Kier alpha value is -2.39. The predicted octanol–water partition coefficient (Wildman–Crippen LogP) is 4.28. The average Bonchev–Trinajstić information content (AvgIpc) is 3.37. The first-order chi connectivity index (χ1) is 16.4. The number of methoxy groups -OCH3 is 1. The third-order valence-corrected chi connectivity index (χ3v) is 10.9. The highest BCUT2D eigenvalue weighted by molar-refractivity contribution is 9.10. The second kappa shape index (κ2) is 6.63. The monoisotopic (exact) mass is 541 g/mol. The van der Waals surface area contributed by atoms with Crippen LogP contribution in [-0.2, 0) is 14.3 Å². The Kier molecular flexibility index (Phi) is 4.08. The molecule has 1 aliphatic heterocycles. The largest absolute Gasteiger partial charge is 0.466 e. The van der Waals surface area contributed by atoms with Crippen LogP contribution in [0.25, 0.3) is 0 Å². The molecular formula is C25H21BrFN3O3S. The van der Waals surface area contributed by atoms with Crippen molar-refractivity contribution in [1.29, 1.82) is 0 Å². The van der Waals surface area contributed by atoms with Gasteiger partial charge in [0.25, 0.3) is 0 Å². The van der Waals surface area contributed by atoms with Crippen molar-refractivity contribution in [2.45, 2.75) is 19.4 Å². The number of amidine groups is 1. The minimum absolute atomic E-state index is 0.150. The Labute approximate surface area is 207 Å². The Morgan fingerprint density at radius 2 is 2.18 bits per heavy atom. The average molecular weight is 542 g/mol. The molecule has 174 valence electrons. The van der Waals surface area contributed by atoms with Crippen LogP contribution in [0, 0.1) is 46.2 Å². The molecule has 5 aliphatic rings. The van der Waals surface area contributed by atoms with Crippen molar-refractivity contribution in [3.63, 3.8) is 0 Å². The van der Waals surface area contributed by atoms with Gasteiger partial charge in [-0.2, -0.15) is 0 Å². The van der Waals surface area contributed by atoms with Crippen molar-refractivity contribution in [3.8, 4) is 0 Å². The number of nitrogens with one attached hydrogen (secondary N) is 1. The maximum absolute atomic E-state index is 13.9. The lowest BCUT2D eigenvalue weighted by Crippen LogP contribution is -2.95. The number of carbonyl (C=O) groups excluding carboxylic acids is 2. The minimum Gasteiger partial charge on any atom is -0.466 e. The lowest BCUT2D eigenvalue weighted by Gasteiger charge is -2.96.